The van der Waals surface area contributed by atoms with Gasteiger partial charge in [0.15, 0.2) is 0 Å². The van der Waals surface area contributed by atoms with Gasteiger partial charge in [-0.1, -0.05) is 36.4 Å². The van der Waals surface area contributed by atoms with Crippen molar-refractivity contribution < 1.29 is 14.4 Å². The van der Waals surface area contributed by atoms with Crippen LogP contribution in [0.2, 0.25) is 0 Å². The zero-order chi connectivity index (χ0) is 22.6. The van der Waals surface area contributed by atoms with Crippen LogP contribution < -0.4 is 5.32 Å². The molecule has 1 N–H and O–H groups in total. The Labute approximate surface area is 184 Å². The first-order valence-corrected chi connectivity index (χ1v) is 11.1. The first-order valence-electron chi connectivity index (χ1n) is 11.1. The van der Waals surface area contributed by atoms with E-state index < -0.39 is 0 Å². The summed E-state index contributed by atoms with van der Waals surface area (Å²) in [5, 5.41) is 4.87. The highest BCUT2D eigenvalue weighted by atomic mass is 16.2. The molecular weight excluding hydrogens is 390 g/mol. The second-order valence-electron chi connectivity index (χ2n) is 9.27. The van der Waals surface area contributed by atoms with E-state index >= 15 is 0 Å². The summed E-state index contributed by atoms with van der Waals surface area (Å²) in [5.74, 6) is -0.540. The predicted molar refractivity (Wildman–Crippen MR) is 123 cm³/mol. The second kappa shape index (κ2) is 9.50. The van der Waals surface area contributed by atoms with Crippen LogP contribution in [0.4, 0.5) is 0 Å². The highest BCUT2D eigenvalue weighted by Crippen LogP contribution is 2.24. The van der Waals surface area contributed by atoms with Crippen molar-refractivity contribution in [2.75, 3.05) is 26.2 Å². The zero-order valence-corrected chi connectivity index (χ0v) is 19.0. The fourth-order valence-electron chi connectivity index (χ4n) is 4.18. The van der Waals surface area contributed by atoms with Crippen LogP contribution in [0.25, 0.3) is 10.8 Å². The van der Waals surface area contributed by atoms with Crippen molar-refractivity contribution in [3.63, 3.8) is 0 Å². The Kier molecular flexibility index (Phi) is 6.98. The molecule has 31 heavy (non-hydrogen) atoms. The number of carbonyl (C=O) groups excluding carboxylic acids is 3. The van der Waals surface area contributed by atoms with E-state index in [4.69, 9.17) is 0 Å². The normalized spacial score (nSPS) is 16.8. The number of hydrogen-bond acceptors (Lipinski definition) is 3. The van der Waals surface area contributed by atoms with Crippen LogP contribution in [-0.4, -0.2) is 59.2 Å². The van der Waals surface area contributed by atoms with E-state index in [2.05, 4.69) is 5.32 Å². The van der Waals surface area contributed by atoms with Crippen LogP contribution in [-0.2, 0) is 9.59 Å². The first kappa shape index (κ1) is 22.8. The number of hydrogen-bond donors (Lipinski definition) is 1. The molecule has 1 unspecified atom stereocenters. The maximum atomic E-state index is 13.3. The minimum atomic E-state index is -0.341. The lowest BCUT2D eigenvalue weighted by molar-refractivity contribution is -0.140. The molecular formula is C25H33N3O3. The highest BCUT2D eigenvalue weighted by Gasteiger charge is 2.32. The maximum absolute atomic E-state index is 13.3. The standard InChI is InChI=1S/C25H33N3O3/c1-5-27(17-22(29)26-25(2,3)4)23(30)19-12-9-15-28(16-19)24(31)21-14-8-11-18-10-6-7-13-20(18)21/h6-8,10-11,13-14,19H,5,9,12,15-17H2,1-4H3,(H,26,29). The number of nitrogens with zero attached hydrogens (tertiary/aromatic N) is 2. The molecule has 2 aromatic carbocycles. The van der Waals surface area contributed by atoms with Crippen molar-refractivity contribution in [3.05, 3.63) is 48.0 Å². The summed E-state index contributed by atoms with van der Waals surface area (Å²) in [6, 6.07) is 13.6. The number of carbonyl (C=O) groups is 3. The van der Waals surface area contributed by atoms with Crippen molar-refractivity contribution in [3.8, 4) is 0 Å². The molecule has 0 saturated carbocycles. The van der Waals surface area contributed by atoms with Gasteiger partial charge in [-0.15, -0.1) is 0 Å². The van der Waals surface area contributed by atoms with E-state index in [9.17, 15) is 14.4 Å². The smallest absolute Gasteiger partial charge is 0.254 e. The number of piperidine rings is 1. The molecule has 6 heteroatoms. The maximum Gasteiger partial charge on any atom is 0.254 e. The quantitative estimate of drug-likeness (QED) is 0.801. The van der Waals surface area contributed by atoms with Gasteiger partial charge in [0.1, 0.15) is 0 Å². The third-order valence-corrected chi connectivity index (χ3v) is 5.62. The molecule has 3 amide bonds. The zero-order valence-electron chi connectivity index (χ0n) is 19.0. The van der Waals surface area contributed by atoms with Gasteiger partial charge in [0.25, 0.3) is 5.91 Å². The Morgan fingerprint density at radius 3 is 2.52 bits per heavy atom. The molecule has 0 spiro atoms. The summed E-state index contributed by atoms with van der Waals surface area (Å²) >= 11 is 0. The molecule has 0 aliphatic carbocycles. The van der Waals surface area contributed by atoms with Crippen LogP contribution in [0, 0.1) is 5.92 Å². The van der Waals surface area contributed by atoms with Crippen LogP contribution in [0.15, 0.2) is 42.5 Å². The summed E-state index contributed by atoms with van der Waals surface area (Å²) in [6.45, 7) is 9.16. The van der Waals surface area contributed by atoms with Crippen LogP contribution >= 0.6 is 0 Å². The monoisotopic (exact) mass is 423 g/mol. The third-order valence-electron chi connectivity index (χ3n) is 5.62. The molecule has 1 aliphatic heterocycles. The topological polar surface area (TPSA) is 69.7 Å². The molecule has 0 aromatic heterocycles. The van der Waals surface area contributed by atoms with E-state index in [0.29, 0.717) is 25.2 Å². The molecule has 1 atom stereocenters. The number of fused-ring (bicyclic) bond motifs is 1. The van der Waals surface area contributed by atoms with E-state index in [1.54, 1.807) is 9.80 Å². The SMILES string of the molecule is CCN(CC(=O)NC(C)(C)C)C(=O)C1CCCN(C(=O)c2cccc3ccccc23)C1. The lowest BCUT2D eigenvalue weighted by Gasteiger charge is -2.35. The van der Waals surface area contributed by atoms with Crippen LogP contribution in [0.1, 0.15) is 50.9 Å². The first-order chi connectivity index (χ1) is 14.7. The molecule has 1 saturated heterocycles. The van der Waals surface area contributed by atoms with E-state index in [1.807, 2.05) is 70.2 Å². The molecule has 1 heterocycles. The van der Waals surface area contributed by atoms with Gasteiger partial charge in [0.2, 0.25) is 11.8 Å². The van der Waals surface area contributed by atoms with Crippen molar-refractivity contribution in [2.24, 2.45) is 5.92 Å². The van der Waals surface area contributed by atoms with Gasteiger partial charge in [-0.25, -0.2) is 0 Å². The average Bonchev–Trinajstić information content (AvgIpc) is 2.75. The molecule has 0 bridgehead atoms. The minimum Gasteiger partial charge on any atom is -0.350 e. The Balaban J connectivity index is 1.71. The molecule has 1 fully saturated rings. The van der Waals surface area contributed by atoms with Crippen molar-refractivity contribution in [1.29, 1.82) is 0 Å². The molecule has 3 rings (SSSR count). The second-order valence-corrected chi connectivity index (χ2v) is 9.27. The molecule has 1 aliphatic rings. The van der Waals surface area contributed by atoms with Gasteiger partial charge in [0.05, 0.1) is 12.5 Å². The van der Waals surface area contributed by atoms with Gasteiger partial charge >= 0.3 is 0 Å². The summed E-state index contributed by atoms with van der Waals surface area (Å²) in [6.07, 6.45) is 1.51. The fraction of sp³-hybridized carbons (Fsp3) is 0.480. The Morgan fingerprint density at radius 1 is 1.10 bits per heavy atom. The number of nitrogens with one attached hydrogen (secondary N) is 1. The van der Waals surface area contributed by atoms with Crippen molar-refractivity contribution in [1.82, 2.24) is 15.1 Å². The fourth-order valence-corrected chi connectivity index (χ4v) is 4.18. The predicted octanol–water partition coefficient (Wildman–Crippen LogP) is 3.46. The lowest BCUT2D eigenvalue weighted by Crippen LogP contribution is -2.51. The largest absolute Gasteiger partial charge is 0.350 e. The lowest BCUT2D eigenvalue weighted by atomic mass is 9.95. The number of likely N-dealkylation sites (N-methyl/N-ethyl adjacent to an activating group) is 1. The summed E-state index contributed by atoms with van der Waals surface area (Å²) in [7, 11) is 0. The molecule has 6 nitrogen and oxygen atoms in total. The number of amides is 3. The van der Waals surface area contributed by atoms with E-state index in [1.165, 1.54) is 0 Å². The Hall–Kier alpha value is -2.89. The van der Waals surface area contributed by atoms with Gasteiger partial charge in [-0.05, 0) is 57.4 Å². The minimum absolute atomic E-state index is 0.0391. The summed E-state index contributed by atoms with van der Waals surface area (Å²) in [5.41, 5.74) is 0.328. The molecule has 0 radical (unpaired) electrons. The molecule has 2 aromatic rings. The van der Waals surface area contributed by atoms with Crippen LogP contribution in [0.5, 0.6) is 0 Å². The summed E-state index contributed by atoms with van der Waals surface area (Å²) < 4.78 is 0. The number of likely N-dealkylation sites (tertiary alicyclic amines) is 1. The number of rotatable bonds is 5. The third kappa shape index (κ3) is 5.63. The van der Waals surface area contributed by atoms with Gasteiger partial charge in [0, 0.05) is 30.7 Å². The van der Waals surface area contributed by atoms with Gasteiger partial charge in [-0.2, -0.15) is 0 Å². The van der Waals surface area contributed by atoms with Crippen LogP contribution in [0.3, 0.4) is 0 Å². The van der Waals surface area contributed by atoms with Gasteiger partial charge in [-0.3, -0.25) is 14.4 Å². The summed E-state index contributed by atoms with van der Waals surface area (Å²) in [4.78, 5) is 42.2. The van der Waals surface area contributed by atoms with Crippen molar-refractivity contribution >= 4 is 28.5 Å². The van der Waals surface area contributed by atoms with Gasteiger partial charge < -0.3 is 15.1 Å². The molecule has 166 valence electrons. The van der Waals surface area contributed by atoms with E-state index in [0.717, 1.165) is 23.6 Å². The Bertz CT molecular complexity index is 959. The van der Waals surface area contributed by atoms with Crippen molar-refractivity contribution in [2.45, 2.75) is 46.1 Å². The Morgan fingerprint density at radius 2 is 1.81 bits per heavy atom. The van der Waals surface area contributed by atoms with E-state index in [-0.39, 0.29) is 35.7 Å². The average molecular weight is 424 g/mol. The number of benzene rings is 2. The highest BCUT2D eigenvalue weighted by molar-refractivity contribution is 6.07.